The molecule has 0 aromatic heterocycles. The average molecular weight is 219 g/mol. The second-order valence-corrected chi connectivity index (χ2v) is 3.47. The van der Waals surface area contributed by atoms with Gasteiger partial charge in [0.25, 0.3) is 0 Å². The van der Waals surface area contributed by atoms with Crippen LogP contribution in [0.3, 0.4) is 0 Å². The number of Topliss-reactive ketones (excluding diaryl/α,β-unsaturated/α-hetero) is 3. The molecule has 84 valence electrons. The van der Waals surface area contributed by atoms with Gasteiger partial charge in [-0.05, 0) is 6.92 Å². The van der Waals surface area contributed by atoms with Gasteiger partial charge in [0.2, 0.25) is 0 Å². The molecule has 1 rings (SSSR count). The second-order valence-electron chi connectivity index (χ2n) is 3.47. The molecule has 3 heteroatoms. The van der Waals surface area contributed by atoms with Crippen molar-refractivity contribution in [2.24, 2.45) is 0 Å². The quantitative estimate of drug-likeness (QED) is 0.564. The Balaban J connectivity index is 2.91. The van der Waals surface area contributed by atoms with Gasteiger partial charge in [0, 0.05) is 18.9 Å². The molecule has 0 aliphatic rings. The molecule has 0 N–H and O–H groups in total. The molecule has 0 fully saturated rings. The fourth-order valence-electron chi connectivity index (χ4n) is 1.29. The second kappa shape index (κ2) is 5.35. The van der Waals surface area contributed by atoms with Crippen LogP contribution in [-0.4, -0.2) is 17.3 Å². The molecule has 0 bridgehead atoms. The van der Waals surface area contributed by atoms with E-state index in [0.29, 0.717) is 12.0 Å². The van der Waals surface area contributed by atoms with Gasteiger partial charge < -0.3 is 0 Å². The summed E-state index contributed by atoms with van der Waals surface area (Å²) in [5.41, 5.74) is 0.821. The van der Waals surface area contributed by atoms with E-state index < -0.39 is 18.0 Å². The van der Waals surface area contributed by atoms with Crippen LogP contribution in [-0.2, 0) is 4.79 Å². The Hall–Kier alpha value is -1.77. The first-order valence-electron chi connectivity index (χ1n) is 5.65. The van der Waals surface area contributed by atoms with Crippen LogP contribution in [0.5, 0.6) is 0 Å². The van der Waals surface area contributed by atoms with Crippen LogP contribution < -0.4 is 0 Å². The van der Waals surface area contributed by atoms with Crippen LogP contribution >= 0.6 is 0 Å². The van der Waals surface area contributed by atoms with Crippen molar-refractivity contribution in [1.82, 2.24) is 0 Å². The number of ketones is 3. The van der Waals surface area contributed by atoms with E-state index in [1.165, 1.54) is 19.1 Å². The first kappa shape index (κ1) is 10.7. The first-order chi connectivity index (χ1) is 7.97. The largest absolute Gasteiger partial charge is 0.300 e. The lowest BCUT2D eigenvalue weighted by Crippen LogP contribution is -2.05. The highest BCUT2D eigenvalue weighted by molar-refractivity contribution is 6.07. The first-order valence-corrected chi connectivity index (χ1v) is 5.07. The Morgan fingerprint density at radius 3 is 1.88 bits per heavy atom. The molecule has 1 aromatic rings. The van der Waals surface area contributed by atoms with Crippen molar-refractivity contribution in [2.45, 2.75) is 26.7 Å². The van der Waals surface area contributed by atoms with Crippen molar-refractivity contribution in [3.63, 3.8) is 0 Å². The van der Waals surface area contributed by atoms with Crippen molar-refractivity contribution < 1.29 is 15.8 Å². The predicted octanol–water partition coefficient (Wildman–Crippen LogP) is 2.44. The molecule has 0 spiro atoms. The Labute approximate surface area is 95.9 Å². The number of hydrogen-bond donors (Lipinski definition) is 0. The summed E-state index contributed by atoms with van der Waals surface area (Å²) in [5.74, 6) is -1.02. The van der Waals surface area contributed by atoms with Crippen molar-refractivity contribution in [1.29, 1.82) is 0 Å². The van der Waals surface area contributed by atoms with Gasteiger partial charge in [-0.2, -0.15) is 0 Å². The van der Waals surface area contributed by atoms with Crippen LogP contribution in [0.2, 0.25) is 0 Å². The maximum Gasteiger partial charge on any atom is 0.170 e. The zero-order valence-corrected chi connectivity index (χ0v) is 9.32. The highest BCUT2D eigenvalue weighted by Gasteiger charge is 2.09. The van der Waals surface area contributed by atoms with Crippen molar-refractivity contribution in [3.05, 3.63) is 35.4 Å². The fraction of sp³-hybridized carbons (Fsp3) is 0.308. The molecule has 16 heavy (non-hydrogen) atoms. The Morgan fingerprint density at radius 1 is 1.06 bits per heavy atom. The van der Waals surface area contributed by atoms with Gasteiger partial charge in [-0.25, -0.2) is 0 Å². The molecular formula is C13H14O3. The van der Waals surface area contributed by atoms with Crippen molar-refractivity contribution >= 4 is 17.3 Å². The SMILES string of the molecule is [2H]C(C(C)=O)C(=O)c1ccc(C(=O)CC)cc1. The third kappa shape index (κ3) is 3.12. The average Bonchev–Trinajstić information content (AvgIpc) is 2.36. The van der Waals surface area contributed by atoms with Gasteiger partial charge in [-0.1, -0.05) is 31.2 Å². The highest BCUT2D eigenvalue weighted by Crippen LogP contribution is 2.09. The third-order valence-corrected chi connectivity index (χ3v) is 2.15. The molecule has 0 amide bonds. The minimum absolute atomic E-state index is 0.00186. The van der Waals surface area contributed by atoms with Gasteiger partial charge in [0.05, 0.1) is 6.40 Å². The number of carbonyl (C=O) groups is 3. The molecule has 0 aliphatic carbocycles. The molecule has 0 radical (unpaired) electrons. The third-order valence-electron chi connectivity index (χ3n) is 2.15. The van der Waals surface area contributed by atoms with E-state index in [1.807, 2.05) is 0 Å². The lowest BCUT2D eigenvalue weighted by Gasteiger charge is -2.01. The molecule has 0 heterocycles. The van der Waals surface area contributed by atoms with E-state index in [9.17, 15) is 14.4 Å². The van der Waals surface area contributed by atoms with Gasteiger partial charge in [-0.15, -0.1) is 0 Å². The van der Waals surface area contributed by atoms with E-state index in [2.05, 4.69) is 0 Å². The van der Waals surface area contributed by atoms with Crippen LogP contribution in [0.4, 0.5) is 0 Å². The number of hydrogen-bond acceptors (Lipinski definition) is 3. The van der Waals surface area contributed by atoms with E-state index in [1.54, 1.807) is 19.1 Å². The van der Waals surface area contributed by atoms with Gasteiger partial charge in [-0.3, -0.25) is 14.4 Å². The normalized spacial score (nSPS) is 12.8. The van der Waals surface area contributed by atoms with E-state index in [0.717, 1.165) is 0 Å². The zero-order valence-electron chi connectivity index (χ0n) is 10.3. The summed E-state index contributed by atoms with van der Waals surface area (Å²) in [4.78, 5) is 33.9. The summed E-state index contributed by atoms with van der Waals surface area (Å²) < 4.78 is 7.38. The molecule has 0 aliphatic heterocycles. The Morgan fingerprint density at radius 2 is 1.50 bits per heavy atom. The lowest BCUT2D eigenvalue weighted by molar-refractivity contribution is -0.116. The highest BCUT2D eigenvalue weighted by atomic mass is 16.1. The summed E-state index contributed by atoms with van der Waals surface area (Å²) in [6.07, 6.45) is -0.968. The van der Waals surface area contributed by atoms with Crippen molar-refractivity contribution in [2.75, 3.05) is 0 Å². The van der Waals surface area contributed by atoms with Crippen molar-refractivity contribution in [3.8, 4) is 0 Å². The Kier molecular flexibility index (Phi) is 3.59. The smallest absolute Gasteiger partial charge is 0.170 e. The monoisotopic (exact) mass is 219 g/mol. The molecular weight excluding hydrogens is 204 g/mol. The van der Waals surface area contributed by atoms with E-state index >= 15 is 0 Å². The van der Waals surface area contributed by atoms with Gasteiger partial charge in [0.1, 0.15) is 5.78 Å². The maximum atomic E-state index is 11.6. The molecule has 1 atom stereocenters. The number of rotatable bonds is 5. The minimum atomic E-state index is -1.37. The summed E-state index contributed by atoms with van der Waals surface area (Å²) in [7, 11) is 0. The Bertz CT molecular complexity index is 448. The summed E-state index contributed by atoms with van der Waals surface area (Å²) in [5, 5.41) is 0. The van der Waals surface area contributed by atoms with E-state index in [4.69, 9.17) is 1.37 Å². The molecule has 3 nitrogen and oxygen atoms in total. The van der Waals surface area contributed by atoms with Crippen LogP contribution in [0.15, 0.2) is 24.3 Å². The van der Waals surface area contributed by atoms with Crippen LogP contribution in [0.1, 0.15) is 48.8 Å². The number of carbonyl (C=O) groups excluding carboxylic acids is 3. The molecule has 0 saturated heterocycles. The molecule has 0 saturated carbocycles. The standard InChI is InChI=1S/C13H14O3/c1-3-12(15)10-4-6-11(7-5-10)13(16)8-9(2)14/h4-7H,3,8H2,1-2H3/i8D. The summed E-state index contributed by atoms with van der Waals surface area (Å²) >= 11 is 0. The van der Waals surface area contributed by atoms with Crippen LogP contribution in [0.25, 0.3) is 0 Å². The topological polar surface area (TPSA) is 51.2 Å². The zero-order chi connectivity index (χ0) is 13.0. The maximum absolute atomic E-state index is 11.6. The predicted molar refractivity (Wildman–Crippen MR) is 60.7 cm³/mol. The van der Waals surface area contributed by atoms with Gasteiger partial charge in [0.15, 0.2) is 11.6 Å². The van der Waals surface area contributed by atoms with E-state index in [-0.39, 0.29) is 11.3 Å². The van der Waals surface area contributed by atoms with Gasteiger partial charge >= 0.3 is 0 Å². The summed E-state index contributed by atoms with van der Waals surface area (Å²) in [6.45, 7) is 2.97. The molecule has 1 aromatic carbocycles. The molecule has 1 unspecified atom stereocenters. The summed E-state index contributed by atoms with van der Waals surface area (Å²) in [6, 6.07) is 6.06. The minimum Gasteiger partial charge on any atom is -0.300 e. The fourth-order valence-corrected chi connectivity index (χ4v) is 1.29. The van der Waals surface area contributed by atoms with Crippen LogP contribution in [0, 0.1) is 0 Å². The number of benzene rings is 1. The lowest BCUT2D eigenvalue weighted by atomic mass is 10.0.